The van der Waals surface area contributed by atoms with Gasteiger partial charge >= 0.3 is 17.9 Å². The van der Waals surface area contributed by atoms with Crippen molar-refractivity contribution in [2.24, 2.45) is 23.7 Å². The molecule has 1 aliphatic rings. The Morgan fingerprint density at radius 1 is 0.643 bits per heavy atom. The van der Waals surface area contributed by atoms with Crippen LogP contribution in [0.4, 0.5) is 0 Å². The Balaban J connectivity index is 3.08. The number of unbranched alkanes of at least 4 members (excludes halogenated alkanes) is 3. The first-order valence-electron chi connectivity index (χ1n) is 15.0. The van der Waals surface area contributed by atoms with E-state index in [2.05, 4.69) is 6.92 Å². The zero-order valence-electron chi connectivity index (χ0n) is 26.6. The van der Waals surface area contributed by atoms with Gasteiger partial charge in [-0.05, 0) is 73.4 Å². The summed E-state index contributed by atoms with van der Waals surface area (Å²) in [7, 11) is 10.0. The molecule has 0 spiro atoms. The summed E-state index contributed by atoms with van der Waals surface area (Å²) in [5, 5.41) is 30.2. The monoisotopic (exact) mass is 601 g/mol. The summed E-state index contributed by atoms with van der Waals surface area (Å²) in [6.07, 6.45) is 6.45. The Hall–Kier alpha value is -2.09. The third-order valence-electron chi connectivity index (χ3n) is 7.70. The normalized spacial score (nSPS) is 22.7. The molecule has 7 atom stereocenters. The van der Waals surface area contributed by atoms with Gasteiger partial charge in [0.1, 0.15) is 38.5 Å². The molecule has 7 unspecified atom stereocenters. The van der Waals surface area contributed by atoms with Crippen molar-refractivity contribution >= 4 is 17.9 Å². The van der Waals surface area contributed by atoms with Crippen molar-refractivity contribution < 1.29 is 43.9 Å². The number of aliphatic hydroxyl groups is 3. The minimum atomic E-state index is -0.996. The van der Waals surface area contributed by atoms with Gasteiger partial charge in [0.05, 0.1) is 11.8 Å². The second-order valence-electron chi connectivity index (χ2n) is 11.8. The molecule has 0 aromatic heterocycles. The Morgan fingerprint density at radius 3 is 1.40 bits per heavy atom. The number of nitrogens with zero attached hydrogens (tertiary/aromatic N) is 3. The van der Waals surface area contributed by atoms with Crippen LogP contribution in [0.1, 0.15) is 58.3 Å². The highest BCUT2D eigenvalue weighted by Gasteiger charge is 2.46. The Morgan fingerprint density at radius 2 is 1.02 bits per heavy atom. The van der Waals surface area contributed by atoms with Crippen molar-refractivity contribution in [3.05, 3.63) is 12.2 Å². The highest BCUT2D eigenvalue weighted by atomic mass is 16.6. The quantitative estimate of drug-likeness (QED) is 0.0609. The average Bonchev–Trinajstić information content (AvgIpc) is 2.94. The van der Waals surface area contributed by atoms with E-state index in [-0.39, 0.29) is 38.1 Å². The molecule has 1 aliphatic carbocycles. The number of esters is 3. The lowest BCUT2D eigenvalue weighted by molar-refractivity contribution is -0.171. The van der Waals surface area contributed by atoms with Crippen LogP contribution in [0.2, 0.25) is 0 Å². The van der Waals surface area contributed by atoms with Gasteiger partial charge in [-0.3, -0.25) is 29.1 Å². The number of allylic oxidation sites excluding steroid dienone is 2. The molecule has 0 saturated carbocycles. The third-order valence-corrected chi connectivity index (χ3v) is 7.70. The zero-order valence-corrected chi connectivity index (χ0v) is 26.6. The molecule has 42 heavy (non-hydrogen) atoms. The Labute approximate surface area is 251 Å². The van der Waals surface area contributed by atoms with E-state index in [9.17, 15) is 29.7 Å². The summed E-state index contributed by atoms with van der Waals surface area (Å²) < 4.78 is 16.2. The smallest absolute Gasteiger partial charge is 0.310 e. The molecule has 12 nitrogen and oxygen atoms in total. The molecule has 0 saturated heterocycles. The largest absolute Gasteiger partial charge is 0.461 e. The first kappa shape index (κ1) is 37.9. The Kier molecular flexibility index (Phi) is 18.0. The number of likely N-dealkylation sites (N-methyl/N-ethyl adjacent to an activating group) is 3. The molecule has 12 heteroatoms. The lowest BCUT2D eigenvalue weighted by Crippen LogP contribution is -2.45. The molecule has 244 valence electrons. The molecule has 0 aromatic rings. The van der Waals surface area contributed by atoms with Crippen LogP contribution in [0.3, 0.4) is 0 Å². The maximum absolute atomic E-state index is 13.6. The molecule has 1 rings (SSSR count). The van der Waals surface area contributed by atoms with Gasteiger partial charge in [-0.25, -0.2) is 0 Å². The van der Waals surface area contributed by atoms with E-state index < -0.39 is 48.4 Å². The summed E-state index contributed by atoms with van der Waals surface area (Å²) >= 11 is 0. The standard InChI is InChI=1S/C30H55N3O9/c1-8-9-10-13-21-16-17-22(14-11-12-15-26(37)40-18-23(34)31(2)3)28(30(39)42-20-25(36)33(6)7)27(21)29(38)41-19-24(35)32(4)5/h16-17,21-25,27-28,34-36H,8-15,18-20H2,1-7H3. The van der Waals surface area contributed by atoms with Gasteiger partial charge in [0.2, 0.25) is 0 Å². The van der Waals surface area contributed by atoms with Crippen molar-refractivity contribution in [1.29, 1.82) is 0 Å². The lowest BCUT2D eigenvalue weighted by atomic mass is 9.67. The molecule has 0 aliphatic heterocycles. The van der Waals surface area contributed by atoms with Gasteiger partial charge in [-0.15, -0.1) is 0 Å². The fourth-order valence-electron chi connectivity index (χ4n) is 4.72. The minimum absolute atomic E-state index is 0.115. The fourth-order valence-corrected chi connectivity index (χ4v) is 4.72. The number of rotatable bonds is 20. The first-order valence-corrected chi connectivity index (χ1v) is 15.0. The van der Waals surface area contributed by atoms with Crippen LogP contribution in [0, 0.1) is 23.7 Å². The van der Waals surface area contributed by atoms with Crippen LogP contribution in [0.15, 0.2) is 12.2 Å². The number of hydrogen-bond donors (Lipinski definition) is 3. The summed E-state index contributed by atoms with van der Waals surface area (Å²) in [5.74, 6) is -3.82. The molecule has 0 aromatic carbocycles. The molecular formula is C30H55N3O9. The van der Waals surface area contributed by atoms with Gasteiger partial charge in [0.15, 0.2) is 0 Å². The predicted molar refractivity (Wildman–Crippen MR) is 158 cm³/mol. The third kappa shape index (κ3) is 13.5. The average molecular weight is 602 g/mol. The van der Waals surface area contributed by atoms with Gasteiger partial charge < -0.3 is 29.5 Å². The van der Waals surface area contributed by atoms with E-state index in [4.69, 9.17) is 14.2 Å². The number of aliphatic hydroxyl groups excluding tert-OH is 3. The fraction of sp³-hybridized carbons (Fsp3) is 0.833. The zero-order chi connectivity index (χ0) is 31.8. The molecule has 0 fully saturated rings. The van der Waals surface area contributed by atoms with E-state index in [1.807, 2.05) is 12.2 Å². The van der Waals surface area contributed by atoms with Crippen LogP contribution in [-0.4, -0.2) is 129 Å². The molecular weight excluding hydrogens is 546 g/mol. The first-order chi connectivity index (χ1) is 19.8. The molecule has 3 N–H and O–H groups in total. The van der Waals surface area contributed by atoms with E-state index in [1.165, 1.54) is 14.7 Å². The highest BCUT2D eigenvalue weighted by molar-refractivity contribution is 5.83. The van der Waals surface area contributed by atoms with Crippen LogP contribution in [0.5, 0.6) is 0 Å². The van der Waals surface area contributed by atoms with Gasteiger partial charge in [-0.1, -0.05) is 44.8 Å². The van der Waals surface area contributed by atoms with E-state index >= 15 is 0 Å². The van der Waals surface area contributed by atoms with E-state index in [1.54, 1.807) is 42.3 Å². The number of ether oxygens (including phenoxy) is 3. The van der Waals surface area contributed by atoms with Gasteiger partial charge in [0.25, 0.3) is 0 Å². The second-order valence-corrected chi connectivity index (χ2v) is 11.8. The SMILES string of the molecule is CCCCCC1C=CC(CCCCC(=O)OCC(O)N(C)C)C(C(=O)OCC(O)N(C)C)C1C(=O)OCC(O)N(C)C. The van der Waals surface area contributed by atoms with Crippen molar-refractivity contribution in [1.82, 2.24) is 14.7 Å². The van der Waals surface area contributed by atoms with Gasteiger partial charge in [0, 0.05) is 6.42 Å². The maximum Gasteiger partial charge on any atom is 0.310 e. The van der Waals surface area contributed by atoms with Crippen molar-refractivity contribution in [2.75, 3.05) is 62.1 Å². The predicted octanol–water partition coefficient (Wildman–Crippen LogP) is 1.43. The summed E-state index contributed by atoms with van der Waals surface area (Å²) in [6, 6.07) is 0. The molecule has 0 radical (unpaired) electrons. The topological polar surface area (TPSA) is 149 Å². The number of hydrogen-bond acceptors (Lipinski definition) is 12. The number of carbonyl (C=O) groups is 3. The van der Waals surface area contributed by atoms with E-state index in [0.29, 0.717) is 25.7 Å². The second kappa shape index (κ2) is 20.0. The number of carbonyl (C=O) groups excluding carboxylic acids is 3. The van der Waals surface area contributed by atoms with Crippen LogP contribution >= 0.6 is 0 Å². The summed E-state index contributed by atoms with van der Waals surface area (Å²) in [5.41, 5.74) is 0. The van der Waals surface area contributed by atoms with E-state index in [0.717, 1.165) is 19.3 Å². The highest BCUT2D eigenvalue weighted by Crippen LogP contribution is 2.41. The van der Waals surface area contributed by atoms with Crippen LogP contribution < -0.4 is 0 Å². The van der Waals surface area contributed by atoms with Crippen LogP contribution in [-0.2, 0) is 28.6 Å². The Bertz CT molecular complexity index is 837. The lowest BCUT2D eigenvalue weighted by Gasteiger charge is -2.37. The minimum Gasteiger partial charge on any atom is -0.461 e. The van der Waals surface area contributed by atoms with Gasteiger partial charge in [-0.2, -0.15) is 0 Å². The molecule has 0 bridgehead atoms. The molecule has 0 amide bonds. The summed E-state index contributed by atoms with van der Waals surface area (Å²) in [6.45, 7) is 1.50. The molecule has 0 heterocycles. The summed E-state index contributed by atoms with van der Waals surface area (Å²) in [4.78, 5) is 43.8. The van der Waals surface area contributed by atoms with Crippen molar-refractivity contribution in [3.63, 3.8) is 0 Å². The van der Waals surface area contributed by atoms with Crippen molar-refractivity contribution in [3.8, 4) is 0 Å². The van der Waals surface area contributed by atoms with Crippen LogP contribution in [0.25, 0.3) is 0 Å². The van der Waals surface area contributed by atoms with Crippen molar-refractivity contribution in [2.45, 2.75) is 77.0 Å². The maximum atomic E-state index is 13.6.